The lowest BCUT2D eigenvalue weighted by Gasteiger charge is -2.27. The van der Waals surface area contributed by atoms with Crippen LogP contribution in [0.5, 0.6) is 17.2 Å². The van der Waals surface area contributed by atoms with Crippen molar-refractivity contribution in [1.29, 1.82) is 0 Å². The fourth-order valence-corrected chi connectivity index (χ4v) is 1.76. The number of hydrogen-bond donors (Lipinski definition) is 1. The minimum absolute atomic E-state index is 0.366. The van der Waals surface area contributed by atoms with Crippen molar-refractivity contribution in [2.75, 3.05) is 26.1 Å². The van der Waals surface area contributed by atoms with Gasteiger partial charge in [0, 0.05) is 12.1 Å². The van der Waals surface area contributed by atoms with Crippen LogP contribution in [-0.2, 0) is 0 Å². The maximum absolute atomic E-state index is 5.67. The van der Waals surface area contributed by atoms with Gasteiger partial charge < -0.3 is 19.5 Å². The number of fused-ring (bicyclic) bond motifs is 1. The summed E-state index contributed by atoms with van der Waals surface area (Å²) < 4.78 is 16.1. The molecule has 4 heteroatoms. The van der Waals surface area contributed by atoms with Crippen molar-refractivity contribution in [3.63, 3.8) is 0 Å². The minimum Gasteiger partial charge on any atom is -0.493 e. The Hall–Kier alpha value is -1.58. The second-order valence-electron chi connectivity index (χ2n) is 3.76. The first kappa shape index (κ1) is 10.9. The van der Waals surface area contributed by atoms with Crippen molar-refractivity contribution >= 4 is 5.69 Å². The van der Waals surface area contributed by atoms with Gasteiger partial charge in [0.15, 0.2) is 11.5 Å². The molecule has 0 radical (unpaired) electrons. The van der Waals surface area contributed by atoms with Crippen LogP contribution in [0.25, 0.3) is 0 Å². The van der Waals surface area contributed by atoms with E-state index in [1.54, 1.807) is 14.2 Å². The Balaban J connectivity index is 2.34. The van der Waals surface area contributed by atoms with E-state index in [9.17, 15) is 0 Å². The predicted octanol–water partition coefficient (Wildman–Crippen LogP) is 2.29. The molecule has 88 valence electrons. The molecule has 1 heterocycles. The number of hydrogen-bond acceptors (Lipinski definition) is 4. The van der Waals surface area contributed by atoms with Gasteiger partial charge in [0.05, 0.1) is 25.9 Å². The number of benzene rings is 1. The molecule has 0 amide bonds. The number of methoxy groups -OCH3 is 2. The standard InChI is InChI=1S/C12H17NO3/c1-4-8-7-16-10-6-12(15-3)11(14-2)5-9(10)13-8/h5-6,8,13H,4,7H2,1-3H3. The maximum Gasteiger partial charge on any atom is 0.164 e. The van der Waals surface area contributed by atoms with Crippen molar-refractivity contribution in [2.45, 2.75) is 19.4 Å². The number of nitrogens with one attached hydrogen (secondary N) is 1. The third-order valence-electron chi connectivity index (χ3n) is 2.78. The number of ether oxygens (including phenoxy) is 3. The highest BCUT2D eigenvalue weighted by molar-refractivity contribution is 5.65. The summed E-state index contributed by atoms with van der Waals surface area (Å²) in [4.78, 5) is 0. The molecule has 16 heavy (non-hydrogen) atoms. The van der Waals surface area contributed by atoms with Gasteiger partial charge in [0.1, 0.15) is 12.4 Å². The molecule has 0 fully saturated rings. The van der Waals surface area contributed by atoms with Crippen LogP contribution in [0, 0.1) is 0 Å². The Bertz CT molecular complexity index is 379. The van der Waals surface area contributed by atoms with E-state index >= 15 is 0 Å². The molecule has 1 unspecified atom stereocenters. The molecule has 1 N–H and O–H groups in total. The van der Waals surface area contributed by atoms with E-state index in [4.69, 9.17) is 14.2 Å². The fourth-order valence-electron chi connectivity index (χ4n) is 1.76. The van der Waals surface area contributed by atoms with Crippen molar-refractivity contribution in [3.8, 4) is 17.2 Å². The van der Waals surface area contributed by atoms with Crippen LogP contribution in [0.4, 0.5) is 5.69 Å². The summed E-state index contributed by atoms with van der Waals surface area (Å²) in [5, 5.41) is 3.41. The first-order chi connectivity index (χ1) is 7.78. The van der Waals surface area contributed by atoms with Gasteiger partial charge in [0.25, 0.3) is 0 Å². The van der Waals surface area contributed by atoms with E-state index in [1.165, 1.54) is 0 Å². The zero-order valence-corrected chi connectivity index (χ0v) is 9.87. The Morgan fingerprint density at radius 3 is 2.62 bits per heavy atom. The topological polar surface area (TPSA) is 39.7 Å². The zero-order valence-electron chi connectivity index (χ0n) is 9.87. The third kappa shape index (κ3) is 1.87. The van der Waals surface area contributed by atoms with E-state index < -0.39 is 0 Å². The third-order valence-corrected chi connectivity index (χ3v) is 2.78. The lowest BCUT2D eigenvalue weighted by atomic mass is 10.1. The van der Waals surface area contributed by atoms with E-state index in [0.29, 0.717) is 24.1 Å². The van der Waals surface area contributed by atoms with Gasteiger partial charge in [-0.25, -0.2) is 0 Å². The zero-order chi connectivity index (χ0) is 11.5. The molecule has 0 saturated heterocycles. The van der Waals surface area contributed by atoms with Crippen LogP contribution in [-0.4, -0.2) is 26.9 Å². The summed E-state index contributed by atoms with van der Waals surface area (Å²) in [6, 6.07) is 4.13. The second kappa shape index (κ2) is 4.51. The van der Waals surface area contributed by atoms with Crippen molar-refractivity contribution in [1.82, 2.24) is 0 Å². The average molecular weight is 223 g/mol. The molecule has 1 aromatic rings. The quantitative estimate of drug-likeness (QED) is 0.853. The lowest BCUT2D eigenvalue weighted by molar-refractivity contribution is 0.277. The first-order valence-electron chi connectivity index (χ1n) is 5.43. The fraction of sp³-hybridized carbons (Fsp3) is 0.500. The SMILES string of the molecule is CCC1COc2cc(OC)c(OC)cc2N1. The van der Waals surface area contributed by atoms with Gasteiger partial charge in [-0.15, -0.1) is 0 Å². The van der Waals surface area contributed by atoms with E-state index in [2.05, 4.69) is 12.2 Å². The van der Waals surface area contributed by atoms with Crippen molar-refractivity contribution < 1.29 is 14.2 Å². The molecule has 0 spiro atoms. The van der Waals surface area contributed by atoms with Crippen molar-refractivity contribution in [2.24, 2.45) is 0 Å². The van der Waals surface area contributed by atoms with Crippen LogP contribution >= 0.6 is 0 Å². The van der Waals surface area contributed by atoms with Crippen LogP contribution in [0.15, 0.2) is 12.1 Å². The molecule has 1 aromatic carbocycles. The molecule has 4 nitrogen and oxygen atoms in total. The number of anilines is 1. The smallest absolute Gasteiger partial charge is 0.164 e. The largest absolute Gasteiger partial charge is 0.493 e. The average Bonchev–Trinajstić information content (AvgIpc) is 2.36. The molecule has 1 aliphatic heterocycles. The monoisotopic (exact) mass is 223 g/mol. The normalized spacial score (nSPS) is 18.1. The molecule has 0 aliphatic carbocycles. The van der Waals surface area contributed by atoms with Gasteiger partial charge >= 0.3 is 0 Å². The van der Waals surface area contributed by atoms with Crippen molar-refractivity contribution in [3.05, 3.63) is 12.1 Å². The number of rotatable bonds is 3. The predicted molar refractivity (Wildman–Crippen MR) is 62.7 cm³/mol. The van der Waals surface area contributed by atoms with Crippen LogP contribution in [0.1, 0.15) is 13.3 Å². The van der Waals surface area contributed by atoms with E-state index in [-0.39, 0.29) is 0 Å². The minimum atomic E-state index is 0.366. The molecular formula is C12H17NO3. The van der Waals surface area contributed by atoms with Gasteiger partial charge in [-0.2, -0.15) is 0 Å². The Morgan fingerprint density at radius 1 is 1.31 bits per heavy atom. The Kier molecular flexibility index (Phi) is 3.08. The van der Waals surface area contributed by atoms with E-state index in [0.717, 1.165) is 17.9 Å². The Morgan fingerprint density at radius 2 is 2.00 bits per heavy atom. The van der Waals surface area contributed by atoms with Gasteiger partial charge in [-0.1, -0.05) is 6.92 Å². The molecule has 1 aliphatic rings. The summed E-state index contributed by atoms with van der Waals surface area (Å²) >= 11 is 0. The van der Waals surface area contributed by atoms with Gasteiger partial charge in [-0.05, 0) is 6.42 Å². The molecular weight excluding hydrogens is 206 g/mol. The summed E-state index contributed by atoms with van der Waals surface area (Å²) in [5.74, 6) is 2.23. The van der Waals surface area contributed by atoms with Crippen LogP contribution in [0.2, 0.25) is 0 Å². The van der Waals surface area contributed by atoms with Gasteiger partial charge in [0.2, 0.25) is 0 Å². The highest BCUT2D eigenvalue weighted by Crippen LogP contribution is 2.39. The second-order valence-corrected chi connectivity index (χ2v) is 3.76. The molecule has 0 aromatic heterocycles. The van der Waals surface area contributed by atoms with Crippen LogP contribution < -0.4 is 19.5 Å². The lowest BCUT2D eigenvalue weighted by Crippen LogP contribution is -2.30. The highest BCUT2D eigenvalue weighted by Gasteiger charge is 2.20. The summed E-state index contributed by atoms with van der Waals surface area (Å²) in [6.07, 6.45) is 1.04. The molecule has 0 saturated carbocycles. The summed E-state index contributed by atoms with van der Waals surface area (Å²) in [6.45, 7) is 2.83. The van der Waals surface area contributed by atoms with Gasteiger partial charge in [-0.3, -0.25) is 0 Å². The first-order valence-corrected chi connectivity index (χ1v) is 5.43. The maximum atomic E-state index is 5.67. The molecule has 2 rings (SSSR count). The Labute approximate surface area is 95.5 Å². The van der Waals surface area contributed by atoms with E-state index in [1.807, 2.05) is 12.1 Å². The molecule has 0 bridgehead atoms. The summed E-state index contributed by atoms with van der Waals surface area (Å²) in [5.41, 5.74) is 0.968. The summed E-state index contributed by atoms with van der Waals surface area (Å²) in [7, 11) is 3.25. The van der Waals surface area contributed by atoms with Crippen LogP contribution in [0.3, 0.4) is 0 Å². The molecule has 1 atom stereocenters. The highest BCUT2D eigenvalue weighted by atomic mass is 16.5.